The minimum Gasteiger partial charge on any atom is -0.496 e. The van der Waals surface area contributed by atoms with Gasteiger partial charge in [0.05, 0.1) is 12.7 Å². The van der Waals surface area contributed by atoms with E-state index in [2.05, 4.69) is 16.0 Å². The van der Waals surface area contributed by atoms with Crippen LogP contribution in [0.3, 0.4) is 0 Å². The molecule has 0 radical (unpaired) electrons. The number of methoxy groups -OCH3 is 1. The Kier molecular flexibility index (Phi) is 9.35. The normalized spacial score (nSPS) is 10.3. The van der Waals surface area contributed by atoms with Gasteiger partial charge in [0.1, 0.15) is 5.75 Å². The molecule has 0 saturated carbocycles. The Hall–Kier alpha value is -3.55. The minimum absolute atomic E-state index is 0.0514. The van der Waals surface area contributed by atoms with Gasteiger partial charge in [-0.25, -0.2) is 9.59 Å². The second kappa shape index (κ2) is 12.2. The predicted octanol–water partition coefficient (Wildman–Crippen LogP) is 2.42. The molecule has 0 unspecified atom stereocenters. The van der Waals surface area contributed by atoms with Gasteiger partial charge in [0.2, 0.25) is 0 Å². The van der Waals surface area contributed by atoms with Crippen molar-refractivity contribution in [2.45, 2.75) is 32.9 Å². The standard InChI is InChI=1S/C23H29N3O5/c1-16(2)26-23(29)25-14-17-8-10-19(11-9-17)22(28)31-15-21(27)24-13-12-18-6-4-5-7-20(18)30-3/h4-11,16H,12-15H2,1-3H3,(H,24,27)(H2,25,26,29). The highest BCUT2D eigenvalue weighted by atomic mass is 16.5. The van der Waals surface area contributed by atoms with Crippen LogP contribution in [0, 0.1) is 0 Å². The first-order chi connectivity index (χ1) is 14.9. The first kappa shape index (κ1) is 23.7. The molecule has 0 aliphatic rings. The summed E-state index contributed by atoms with van der Waals surface area (Å²) >= 11 is 0. The molecule has 8 nitrogen and oxygen atoms in total. The second-order valence-corrected chi connectivity index (χ2v) is 7.17. The average molecular weight is 428 g/mol. The Morgan fingerprint density at radius 1 is 0.968 bits per heavy atom. The van der Waals surface area contributed by atoms with Gasteiger partial charge in [-0.1, -0.05) is 30.3 Å². The summed E-state index contributed by atoms with van der Waals surface area (Å²) in [6.07, 6.45) is 0.606. The highest BCUT2D eigenvalue weighted by Crippen LogP contribution is 2.17. The first-order valence-electron chi connectivity index (χ1n) is 10.1. The van der Waals surface area contributed by atoms with Gasteiger partial charge >= 0.3 is 12.0 Å². The Balaban J connectivity index is 1.71. The quantitative estimate of drug-likeness (QED) is 0.505. The molecule has 2 aromatic rings. The van der Waals surface area contributed by atoms with Gasteiger partial charge in [-0.05, 0) is 49.6 Å². The van der Waals surface area contributed by atoms with E-state index in [4.69, 9.17) is 9.47 Å². The molecular weight excluding hydrogens is 398 g/mol. The monoisotopic (exact) mass is 427 g/mol. The van der Waals surface area contributed by atoms with E-state index in [-0.39, 0.29) is 24.6 Å². The van der Waals surface area contributed by atoms with E-state index in [9.17, 15) is 14.4 Å². The molecule has 3 N–H and O–H groups in total. The summed E-state index contributed by atoms with van der Waals surface area (Å²) in [6, 6.07) is 14.0. The lowest BCUT2D eigenvalue weighted by Crippen LogP contribution is -2.39. The van der Waals surface area contributed by atoms with E-state index < -0.39 is 5.97 Å². The number of carbonyl (C=O) groups is 3. The highest BCUT2D eigenvalue weighted by molar-refractivity contribution is 5.91. The molecule has 0 bridgehead atoms. The zero-order valence-electron chi connectivity index (χ0n) is 18.1. The van der Waals surface area contributed by atoms with Crippen molar-refractivity contribution in [3.63, 3.8) is 0 Å². The van der Waals surface area contributed by atoms with Crippen LogP contribution in [-0.2, 0) is 22.5 Å². The van der Waals surface area contributed by atoms with E-state index in [1.807, 2.05) is 38.1 Å². The molecule has 2 aromatic carbocycles. The number of amides is 3. The lowest BCUT2D eigenvalue weighted by molar-refractivity contribution is -0.124. The maximum Gasteiger partial charge on any atom is 0.338 e. The van der Waals surface area contributed by atoms with Crippen LogP contribution in [0.25, 0.3) is 0 Å². The van der Waals surface area contributed by atoms with Crippen LogP contribution in [0.15, 0.2) is 48.5 Å². The first-order valence-corrected chi connectivity index (χ1v) is 10.1. The van der Waals surface area contributed by atoms with Crippen LogP contribution in [0.1, 0.15) is 35.3 Å². The molecule has 8 heteroatoms. The molecule has 0 aliphatic heterocycles. The zero-order chi connectivity index (χ0) is 22.6. The third-order valence-corrected chi connectivity index (χ3v) is 4.31. The Morgan fingerprint density at radius 2 is 1.68 bits per heavy atom. The number of benzene rings is 2. The lowest BCUT2D eigenvalue weighted by Gasteiger charge is -2.11. The number of carbonyl (C=O) groups excluding carboxylic acids is 3. The summed E-state index contributed by atoms with van der Waals surface area (Å²) in [5.74, 6) is -0.195. The predicted molar refractivity (Wildman–Crippen MR) is 117 cm³/mol. The van der Waals surface area contributed by atoms with Crippen molar-refractivity contribution in [3.05, 3.63) is 65.2 Å². The maximum atomic E-state index is 12.1. The van der Waals surface area contributed by atoms with Crippen LogP contribution < -0.4 is 20.7 Å². The maximum absolute atomic E-state index is 12.1. The number of esters is 1. The number of nitrogens with one attached hydrogen (secondary N) is 3. The largest absolute Gasteiger partial charge is 0.496 e. The summed E-state index contributed by atoms with van der Waals surface area (Å²) in [5, 5.41) is 8.18. The van der Waals surface area contributed by atoms with Crippen LogP contribution in [-0.4, -0.2) is 44.2 Å². The van der Waals surface area contributed by atoms with Gasteiger partial charge < -0.3 is 25.4 Å². The van der Waals surface area contributed by atoms with Gasteiger partial charge in [0, 0.05) is 19.1 Å². The van der Waals surface area contributed by atoms with Crippen molar-refractivity contribution >= 4 is 17.9 Å². The summed E-state index contributed by atoms with van der Waals surface area (Å²) in [4.78, 5) is 35.7. The number of ether oxygens (including phenoxy) is 2. The zero-order valence-corrected chi connectivity index (χ0v) is 18.1. The highest BCUT2D eigenvalue weighted by Gasteiger charge is 2.11. The van der Waals surface area contributed by atoms with Crippen LogP contribution in [0.2, 0.25) is 0 Å². The van der Waals surface area contributed by atoms with Crippen molar-refractivity contribution < 1.29 is 23.9 Å². The molecule has 0 heterocycles. The van der Waals surface area contributed by atoms with E-state index >= 15 is 0 Å². The summed E-state index contributed by atoms with van der Waals surface area (Å²) in [5.41, 5.74) is 2.15. The average Bonchev–Trinajstić information content (AvgIpc) is 2.76. The van der Waals surface area contributed by atoms with Crippen molar-refractivity contribution in [2.24, 2.45) is 0 Å². The Morgan fingerprint density at radius 3 is 2.35 bits per heavy atom. The molecule has 31 heavy (non-hydrogen) atoms. The molecule has 3 amide bonds. The number of rotatable bonds is 10. The van der Waals surface area contributed by atoms with Gasteiger partial charge in [-0.15, -0.1) is 0 Å². The molecular formula is C23H29N3O5. The SMILES string of the molecule is COc1ccccc1CCNC(=O)COC(=O)c1ccc(CNC(=O)NC(C)C)cc1. The van der Waals surface area contributed by atoms with E-state index in [0.717, 1.165) is 16.9 Å². The fourth-order valence-corrected chi connectivity index (χ4v) is 2.77. The van der Waals surface area contributed by atoms with Crippen molar-refractivity contribution in [2.75, 3.05) is 20.3 Å². The molecule has 0 fully saturated rings. The molecule has 0 spiro atoms. The number of hydrogen-bond donors (Lipinski definition) is 3. The van der Waals surface area contributed by atoms with Crippen LogP contribution in [0.5, 0.6) is 5.75 Å². The molecule has 166 valence electrons. The minimum atomic E-state index is -0.586. The molecule has 0 atom stereocenters. The van der Waals surface area contributed by atoms with E-state index in [0.29, 0.717) is 25.1 Å². The van der Waals surface area contributed by atoms with Gasteiger partial charge in [-0.2, -0.15) is 0 Å². The van der Waals surface area contributed by atoms with Crippen molar-refractivity contribution in [1.29, 1.82) is 0 Å². The van der Waals surface area contributed by atoms with Gasteiger partial charge in [0.25, 0.3) is 5.91 Å². The van der Waals surface area contributed by atoms with Gasteiger partial charge in [0.15, 0.2) is 6.61 Å². The van der Waals surface area contributed by atoms with Crippen LogP contribution >= 0.6 is 0 Å². The van der Waals surface area contributed by atoms with Crippen molar-refractivity contribution in [3.8, 4) is 5.75 Å². The summed E-state index contributed by atoms with van der Waals surface area (Å²) < 4.78 is 10.3. The fraction of sp³-hybridized carbons (Fsp3) is 0.348. The third-order valence-electron chi connectivity index (χ3n) is 4.31. The van der Waals surface area contributed by atoms with E-state index in [1.54, 1.807) is 31.4 Å². The van der Waals surface area contributed by atoms with Crippen molar-refractivity contribution in [1.82, 2.24) is 16.0 Å². The Bertz CT molecular complexity index is 881. The van der Waals surface area contributed by atoms with E-state index in [1.165, 1.54) is 0 Å². The lowest BCUT2D eigenvalue weighted by atomic mass is 10.1. The molecule has 0 aliphatic carbocycles. The third kappa shape index (κ3) is 8.38. The van der Waals surface area contributed by atoms with Gasteiger partial charge in [-0.3, -0.25) is 4.79 Å². The number of para-hydroxylation sites is 1. The fourth-order valence-electron chi connectivity index (χ4n) is 2.77. The Labute approximate surface area is 182 Å². The molecule has 2 rings (SSSR count). The smallest absolute Gasteiger partial charge is 0.338 e. The molecule has 0 saturated heterocycles. The summed E-state index contributed by atoms with van der Waals surface area (Å²) in [7, 11) is 1.60. The number of hydrogen-bond acceptors (Lipinski definition) is 5. The second-order valence-electron chi connectivity index (χ2n) is 7.17. The molecule has 0 aromatic heterocycles. The van der Waals surface area contributed by atoms with Crippen LogP contribution in [0.4, 0.5) is 4.79 Å². The topological polar surface area (TPSA) is 106 Å². The summed E-state index contributed by atoms with van der Waals surface area (Å²) in [6.45, 7) is 4.14. The number of urea groups is 1.